The average molecular weight is 336 g/mol. The summed E-state index contributed by atoms with van der Waals surface area (Å²) in [6.45, 7) is 0.988. The van der Waals surface area contributed by atoms with Crippen LogP contribution < -0.4 is 20.3 Å². The van der Waals surface area contributed by atoms with E-state index < -0.39 is 0 Å². The molecule has 25 heavy (non-hydrogen) atoms. The van der Waals surface area contributed by atoms with E-state index in [-0.39, 0.29) is 11.5 Å². The molecule has 6 heteroatoms. The first-order chi connectivity index (χ1) is 12.1. The minimum atomic E-state index is -0.342. The van der Waals surface area contributed by atoms with Crippen molar-refractivity contribution < 1.29 is 14.3 Å². The lowest BCUT2D eigenvalue weighted by Gasteiger charge is -2.19. The number of pyridine rings is 1. The zero-order valence-electron chi connectivity index (χ0n) is 13.6. The number of aryl methyl sites for hydroxylation is 1. The number of hydrogen-bond acceptors (Lipinski definition) is 4. The summed E-state index contributed by atoms with van der Waals surface area (Å²) in [5, 5.41) is 3.55. The van der Waals surface area contributed by atoms with E-state index >= 15 is 0 Å². The van der Waals surface area contributed by atoms with Gasteiger partial charge in [0.05, 0.1) is 11.1 Å². The molecule has 2 heterocycles. The van der Waals surface area contributed by atoms with Gasteiger partial charge in [0.15, 0.2) is 11.5 Å². The molecule has 1 N–H and O–H groups in total. The molecule has 6 nitrogen and oxygen atoms in total. The molecule has 0 atom stereocenters. The van der Waals surface area contributed by atoms with Crippen LogP contribution in [-0.2, 0) is 7.05 Å². The summed E-state index contributed by atoms with van der Waals surface area (Å²) in [6, 6.07) is 13.9. The number of nitrogens with one attached hydrogen (secondary N) is 1. The molecule has 0 fully saturated rings. The van der Waals surface area contributed by atoms with Crippen LogP contribution in [0, 0.1) is 0 Å². The van der Waals surface area contributed by atoms with Crippen LogP contribution in [0.5, 0.6) is 11.5 Å². The fraction of sp³-hybridized carbons (Fsp3) is 0.158. The number of amides is 1. The predicted octanol–water partition coefficient (Wildman–Crippen LogP) is 2.56. The fourth-order valence-corrected chi connectivity index (χ4v) is 2.92. The summed E-state index contributed by atoms with van der Waals surface area (Å²) in [5.74, 6) is 0.909. The Balaban J connectivity index is 1.71. The number of rotatable bonds is 2. The highest BCUT2D eigenvalue weighted by molar-refractivity contribution is 6.12. The highest BCUT2D eigenvalue weighted by atomic mass is 16.6. The van der Waals surface area contributed by atoms with Gasteiger partial charge < -0.3 is 19.4 Å². The first kappa shape index (κ1) is 15.3. The molecule has 2 aromatic carbocycles. The summed E-state index contributed by atoms with van der Waals surface area (Å²) in [4.78, 5) is 24.9. The van der Waals surface area contributed by atoms with E-state index in [2.05, 4.69) is 5.32 Å². The number of benzene rings is 2. The molecular weight excluding hydrogens is 320 g/mol. The summed E-state index contributed by atoms with van der Waals surface area (Å²) < 4.78 is 12.5. The maximum atomic E-state index is 12.7. The SMILES string of the molecule is Cn1c(=O)cc(C(=O)Nc2ccc3c(c2)OCCO3)c2ccccc21. The normalized spacial score (nSPS) is 12.8. The number of nitrogens with zero attached hydrogens (tertiary/aromatic N) is 1. The van der Waals surface area contributed by atoms with Crippen LogP contribution in [0.3, 0.4) is 0 Å². The number of para-hydroxylation sites is 1. The van der Waals surface area contributed by atoms with Crippen molar-refractivity contribution in [1.82, 2.24) is 4.57 Å². The van der Waals surface area contributed by atoms with Crippen LogP contribution >= 0.6 is 0 Å². The molecule has 0 radical (unpaired) electrons. The third kappa shape index (κ3) is 2.71. The van der Waals surface area contributed by atoms with Crippen molar-refractivity contribution in [2.24, 2.45) is 7.05 Å². The minimum absolute atomic E-state index is 0.231. The van der Waals surface area contributed by atoms with E-state index in [4.69, 9.17) is 9.47 Å². The molecule has 1 amide bonds. The summed E-state index contributed by atoms with van der Waals surface area (Å²) >= 11 is 0. The molecular formula is C19H16N2O4. The maximum Gasteiger partial charge on any atom is 0.256 e. The topological polar surface area (TPSA) is 69.6 Å². The standard InChI is InChI=1S/C19H16N2O4/c1-21-15-5-3-2-4-13(15)14(11-18(21)22)19(23)20-12-6-7-16-17(10-12)25-9-8-24-16/h2-7,10-11H,8-9H2,1H3,(H,20,23). The highest BCUT2D eigenvalue weighted by Gasteiger charge is 2.16. The molecule has 0 aliphatic carbocycles. The van der Waals surface area contributed by atoms with Gasteiger partial charge in [0.1, 0.15) is 13.2 Å². The second kappa shape index (κ2) is 5.98. The van der Waals surface area contributed by atoms with E-state index in [1.165, 1.54) is 10.6 Å². The van der Waals surface area contributed by atoms with E-state index in [0.29, 0.717) is 41.5 Å². The highest BCUT2D eigenvalue weighted by Crippen LogP contribution is 2.32. The molecule has 0 spiro atoms. The molecule has 126 valence electrons. The number of hydrogen-bond donors (Lipinski definition) is 1. The summed E-state index contributed by atoms with van der Waals surface area (Å²) in [7, 11) is 1.69. The number of carbonyl (C=O) groups excluding carboxylic acids is 1. The van der Waals surface area contributed by atoms with E-state index in [9.17, 15) is 9.59 Å². The van der Waals surface area contributed by atoms with Crippen molar-refractivity contribution in [1.29, 1.82) is 0 Å². The van der Waals surface area contributed by atoms with Crippen molar-refractivity contribution in [3.8, 4) is 11.5 Å². The molecule has 1 aliphatic heterocycles. The quantitative estimate of drug-likeness (QED) is 0.781. The largest absolute Gasteiger partial charge is 0.486 e. The van der Waals surface area contributed by atoms with Crippen LogP contribution in [0.2, 0.25) is 0 Å². The number of anilines is 1. The van der Waals surface area contributed by atoms with E-state index in [1.807, 2.05) is 24.3 Å². The third-order valence-electron chi connectivity index (χ3n) is 4.20. The van der Waals surface area contributed by atoms with Gasteiger partial charge in [0.25, 0.3) is 11.5 Å². The van der Waals surface area contributed by atoms with Crippen LogP contribution in [0.4, 0.5) is 5.69 Å². The van der Waals surface area contributed by atoms with E-state index in [1.54, 1.807) is 25.2 Å². The Hall–Kier alpha value is -3.28. The monoisotopic (exact) mass is 336 g/mol. The fourth-order valence-electron chi connectivity index (χ4n) is 2.92. The van der Waals surface area contributed by atoms with Crippen molar-refractivity contribution in [2.45, 2.75) is 0 Å². The predicted molar refractivity (Wildman–Crippen MR) is 94.6 cm³/mol. The Morgan fingerprint density at radius 2 is 1.80 bits per heavy atom. The maximum absolute atomic E-state index is 12.7. The van der Waals surface area contributed by atoms with Crippen molar-refractivity contribution >= 4 is 22.5 Å². The molecule has 4 rings (SSSR count). The molecule has 1 aliphatic rings. The van der Waals surface area contributed by atoms with Crippen LogP contribution in [0.1, 0.15) is 10.4 Å². The van der Waals surface area contributed by atoms with Crippen molar-refractivity contribution in [2.75, 3.05) is 18.5 Å². The lowest BCUT2D eigenvalue weighted by molar-refractivity contribution is 0.102. The van der Waals surface area contributed by atoms with Gasteiger partial charge >= 0.3 is 0 Å². The van der Waals surface area contributed by atoms with Crippen molar-refractivity contribution in [3.63, 3.8) is 0 Å². The molecule has 1 aromatic heterocycles. The first-order valence-electron chi connectivity index (χ1n) is 7.93. The average Bonchev–Trinajstić information content (AvgIpc) is 2.64. The number of aromatic nitrogens is 1. The van der Waals surface area contributed by atoms with Gasteiger partial charge in [-0.1, -0.05) is 18.2 Å². The Bertz CT molecular complexity index is 1040. The lowest BCUT2D eigenvalue weighted by Crippen LogP contribution is -2.21. The van der Waals surface area contributed by atoms with Gasteiger partial charge in [0.2, 0.25) is 0 Å². The summed E-state index contributed by atoms with van der Waals surface area (Å²) in [5.41, 5.74) is 1.40. The molecule has 0 saturated heterocycles. The van der Waals surface area contributed by atoms with Gasteiger partial charge in [-0.25, -0.2) is 0 Å². The Morgan fingerprint density at radius 3 is 2.64 bits per heavy atom. The van der Waals surface area contributed by atoms with Gasteiger partial charge in [-0.05, 0) is 18.2 Å². The molecule has 0 unspecified atom stereocenters. The van der Waals surface area contributed by atoms with Crippen LogP contribution in [-0.4, -0.2) is 23.7 Å². The molecule has 0 bridgehead atoms. The third-order valence-corrected chi connectivity index (χ3v) is 4.20. The second-order valence-corrected chi connectivity index (χ2v) is 5.78. The zero-order valence-corrected chi connectivity index (χ0v) is 13.6. The van der Waals surface area contributed by atoms with Crippen LogP contribution in [0.15, 0.2) is 53.3 Å². The smallest absolute Gasteiger partial charge is 0.256 e. The number of fused-ring (bicyclic) bond motifs is 2. The van der Waals surface area contributed by atoms with Gasteiger partial charge in [-0.2, -0.15) is 0 Å². The van der Waals surface area contributed by atoms with E-state index in [0.717, 1.165) is 5.39 Å². The van der Waals surface area contributed by atoms with Gasteiger partial charge in [-0.15, -0.1) is 0 Å². The zero-order chi connectivity index (χ0) is 17.4. The van der Waals surface area contributed by atoms with Gasteiger partial charge in [0, 0.05) is 30.3 Å². The van der Waals surface area contributed by atoms with Crippen molar-refractivity contribution in [3.05, 3.63) is 64.4 Å². The molecule has 0 saturated carbocycles. The first-order valence-corrected chi connectivity index (χ1v) is 7.93. The lowest BCUT2D eigenvalue weighted by atomic mass is 10.1. The van der Waals surface area contributed by atoms with Crippen LogP contribution in [0.25, 0.3) is 10.9 Å². The number of carbonyl (C=O) groups is 1. The summed E-state index contributed by atoms with van der Waals surface area (Å²) in [6.07, 6.45) is 0. The molecule has 3 aromatic rings. The second-order valence-electron chi connectivity index (χ2n) is 5.78. The number of ether oxygens (including phenoxy) is 2. The Labute approximate surface area is 143 Å². The minimum Gasteiger partial charge on any atom is -0.486 e. The Kier molecular flexibility index (Phi) is 3.65. The van der Waals surface area contributed by atoms with Gasteiger partial charge in [-0.3, -0.25) is 9.59 Å². The Morgan fingerprint density at radius 1 is 1.04 bits per heavy atom.